The van der Waals surface area contributed by atoms with Crippen LogP contribution in [0.5, 0.6) is 0 Å². The summed E-state index contributed by atoms with van der Waals surface area (Å²) in [7, 11) is 1.67. The third-order valence-corrected chi connectivity index (χ3v) is 2.74. The van der Waals surface area contributed by atoms with Crippen molar-refractivity contribution in [3.05, 3.63) is 57.6 Å². The number of nitrogens with one attached hydrogen (secondary N) is 2. The van der Waals surface area contributed by atoms with Crippen LogP contribution in [-0.2, 0) is 17.9 Å². The Morgan fingerprint density at radius 2 is 2.05 bits per heavy atom. The van der Waals surface area contributed by atoms with Gasteiger partial charge in [-0.15, -0.1) is 0 Å². The summed E-state index contributed by atoms with van der Waals surface area (Å²) in [5.74, 6) is 1.17. The number of rotatable bonds is 5. The zero-order valence-corrected chi connectivity index (χ0v) is 11.1. The summed E-state index contributed by atoms with van der Waals surface area (Å²) in [6.45, 7) is 2.93. The average Bonchev–Trinajstić information content (AvgIpc) is 2.37. The first kappa shape index (κ1) is 13.3. The van der Waals surface area contributed by atoms with E-state index in [0.717, 1.165) is 11.1 Å². The summed E-state index contributed by atoms with van der Waals surface area (Å²) in [5.41, 5.74) is 2.10. The van der Waals surface area contributed by atoms with Gasteiger partial charge in [-0.1, -0.05) is 24.3 Å². The lowest BCUT2D eigenvalue weighted by molar-refractivity contribution is 0.184. The number of anilines is 1. The highest BCUT2D eigenvalue weighted by molar-refractivity contribution is 5.36. The number of ether oxygens (including phenoxy) is 1. The van der Waals surface area contributed by atoms with Crippen molar-refractivity contribution in [3.8, 4) is 0 Å². The topological polar surface area (TPSA) is 67.0 Å². The molecule has 2 aromatic rings. The molecule has 0 unspecified atom stereocenters. The number of nitrogens with zero attached hydrogens (tertiary/aromatic N) is 1. The lowest BCUT2D eigenvalue weighted by atomic mass is 10.1. The molecular formula is C14H17N3O2. The SMILES string of the molecule is COCc1ccccc1CNc1cc(=O)[nH]c(C)n1. The molecule has 5 heteroatoms. The Bertz CT molecular complexity index is 608. The second-order valence-electron chi connectivity index (χ2n) is 4.27. The van der Waals surface area contributed by atoms with Crippen LogP contribution in [0, 0.1) is 6.92 Å². The van der Waals surface area contributed by atoms with E-state index in [1.807, 2.05) is 24.3 Å². The monoisotopic (exact) mass is 259 g/mol. The Morgan fingerprint density at radius 3 is 2.74 bits per heavy atom. The van der Waals surface area contributed by atoms with Crippen LogP contribution in [-0.4, -0.2) is 17.1 Å². The molecule has 0 saturated heterocycles. The molecule has 1 aromatic heterocycles. The van der Waals surface area contributed by atoms with Crippen LogP contribution in [0.4, 0.5) is 5.82 Å². The lowest BCUT2D eigenvalue weighted by Crippen LogP contribution is -2.12. The van der Waals surface area contributed by atoms with Gasteiger partial charge >= 0.3 is 0 Å². The zero-order valence-electron chi connectivity index (χ0n) is 11.1. The Hall–Kier alpha value is -2.14. The van der Waals surface area contributed by atoms with Crippen molar-refractivity contribution in [2.24, 2.45) is 0 Å². The highest BCUT2D eigenvalue weighted by Crippen LogP contribution is 2.11. The molecule has 2 N–H and O–H groups in total. The molecule has 0 amide bonds. The van der Waals surface area contributed by atoms with Gasteiger partial charge in [-0.25, -0.2) is 4.98 Å². The molecule has 0 spiro atoms. The molecule has 5 nitrogen and oxygen atoms in total. The van der Waals surface area contributed by atoms with Gasteiger partial charge in [0.15, 0.2) is 0 Å². The van der Waals surface area contributed by atoms with Crippen molar-refractivity contribution >= 4 is 5.82 Å². The molecule has 19 heavy (non-hydrogen) atoms. The van der Waals surface area contributed by atoms with Gasteiger partial charge in [-0.2, -0.15) is 0 Å². The fourth-order valence-electron chi connectivity index (χ4n) is 1.88. The van der Waals surface area contributed by atoms with Gasteiger partial charge in [0.1, 0.15) is 11.6 Å². The Kier molecular flexibility index (Phi) is 4.30. The van der Waals surface area contributed by atoms with Crippen LogP contribution in [0.3, 0.4) is 0 Å². The van der Waals surface area contributed by atoms with Gasteiger partial charge in [0, 0.05) is 19.7 Å². The summed E-state index contributed by atoms with van der Waals surface area (Å²) >= 11 is 0. The lowest BCUT2D eigenvalue weighted by Gasteiger charge is -2.10. The quantitative estimate of drug-likeness (QED) is 0.859. The fraction of sp³-hybridized carbons (Fsp3) is 0.286. The van der Waals surface area contributed by atoms with Crippen molar-refractivity contribution in [3.63, 3.8) is 0 Å². The van der Waals surface area contributed by atoms with E-state index in [1.54, 1.807) is 14.0 Å². The first-order valence-electron chi connectivity index (χ1n) is 6.06. The van der Waals surface area contributed by atoms with Crippen molar-refractivity contribution < 1.29 is 4.74 Å². The van der Waals surface area contributed by atoms with Gasteiger partial charge < -0.3 is 15.0 Å². The molecule has 0 aliphatic carbocycles. The molecule has 1 aromatic carbocycles. The third-order valence-electron chi connectivity index (χ3n) is 2.74. The van der Waals surface area contributed by atoms with E-state index in [2.05, 4.69) is 15.3 Å². The number of hydrogen-bond acceptors (Lipinski definition) is 4. The highest BCUT2D eigenvalue weighted by Gasteiger charge is 2.02. The van der Waals surface area contributed by atoms with E-state index >= 15 is 0 Å². The molecule has 0 radical (unpaired) electrons. The molecule has 0 aliphatic rings. The number of H-pyrrole nitrogens is 1. The predicted molar refractivity (Wildman–Crippen MR) is 74.1 cm³/mol. The molecule has 0 atom stereocenters. The fourth-order valence-corrected chi connectivity index (χ4v) is 1.88. The van der Waals surface area contributed by atoms with E-state index in [0.29, 0.717) is 24.8 Å². The Balaban J connectivity index is 2.12. The number of benzene rings is 1. The normalized spacial score (nSPS) is 10.4. The summed E-state index contributed by atoms with van der Waals surface area (Å²) in [4.78, 5) is 18.2. The van der Waals surface area contributed by atoms with Crippen LogP contribution in [0.2, 0.25) is 0 Å². The maximum absolute atomic E-state index is 11.3. The molecule has 2 rings (SSSR count). The van der Waals surface area contributed by atoms with E-state index in [9.17, 15) is 4.79 Å². The standard InChI is InChI=1S/C14H17N3O2/c1-10-16-13(7-14(18)17-10)15-8-11-5-3-4-6-12(11)9-19-2/h3-7H,8-9H2,1-2H3,(H2,15,16,17,18). The van der Waals surface area contributed by atoms with Gasteiger partial charge in [0.05, 0.1) is 6.61 Å². The summed E-state index contributed by atoms with van der Waals surface area (Å²) in [6, 6.07) is 9.46. The van der Waals surface area contributed by atoms with Crippen molar-refractivity contribution in [2.75, 3.05) is 12.4 Å². The number of hydrogen-bond donors (Lipinski definition) is 2. The third kappa shape index (κ3) is 3.66. The highest BCUT2D eigenvalue weighted by atomic mass is 16.5. The minimum absolute atomic E-state index is 0.153. The summed E-state index contributed by atoms with van der Waals surface area (Å²) in [5, 5.41) is 3.15. The van der Waals surface area contributed by atoms with Gasteiger partial charge in [0.25, 0.3) is 5.56 Å². The minimum Gasteiger partial charge on any atom is -0.380 e. The van der Waals surface area contributed by atoms with Crippen molar-refractivity contribution in [1.82, 2.24) is 9.97 Å². The van der Waals surface area contributed by atoms with Crippen molar-refractivity contribution in [2.45, 2.75) is 20.1 Å². The molecule has 0 bridgehead atoms. The zero-order chi connectivity index (χ0) is 13.7. The minimum atomic E-state index is -0.153. The molecule has 0 aliphatic heterocycles. The first-order chi connectivity index (χ1) is 9.19. The molecule has 0 fully saturated rings. The maximum atomic E-state index is 11.3. The maximum Gasteiger partial charge on any atom is 0.252 e. The Labute approximate surface area is 111 Å². The average molecular weight is 259 g/mol. The number of aromatic nitrogens is 2. The predicted octanol–water partition coefficient (Wildman–Crippen LogP) is 1.84. The molecule has 1 heterocycles. The van der Waals surface area contributed by atoms with E-state index in [4.69, 9.17) is 4.74 Å². The largest absolute Gasteiger partial charge is 0.380 e. The number of methoxy groups -OCH3 is 1. The second-order valence-corrected chi connectivity index (χ2v) is 4.27. The van der Waals surface area contributed by atoms with Crippen molar-refractivity contribution in [1.29, 1.82) is 0 Å². The van der Waals surface area contributed by atoms with Crippen LogP contribution < -0.4 is 10.9 Å². The van der Waals surface area contributed by atoms with E-state index in [1.165, 1.54) is 6.07 Å². The summed E-state index contributed by atoms with van der Waals surface area (Å²) < 4.78 is 5.16. The van der Waals surface area contributed by atoms with E-state index in [-0.39, 0.29) is 5.56 Å². The van der Waals surface area contributed by atoms with Crippen LogP contribution in [0.25, 0.3) is 0 Å². The van der Waals surface area contributed by atoms with Gasteiger partial charge in [-0.05, 0) is 18.1 Å². The molecule has 0 saturated carbocycles. The number of aryl methyl sites for hydroxylation is 1. The molecule has 100 valence electrons. The van der Waals surface area contributed by atoms with Crippen LogP contribution in [0.1, 0.15) is 17.0 Å². The van der Waals surface area contributed by atoms with Gasteiger partial charge in [0.2, 0.25) is 0 Å². The second kappa shape index (κ2) is 6.15. The number of aromatic amines is 1. The van der Waals surface area contributed by atoms with Gasteiger partial charge in [-0.3, -0.25) is 4.79 Å². The van der Waals surface area contributed by atoms with E-state index < -0.39 is 0 Å². The smallest absolute Gasteiger partial charge is 0.252 e. The Morgan fingerprint density at radius 1 is 1.32 bits per heavy atom. The summed E-state index contributed by atoms with van der Waals surface area (Å²) in [6.07, 6.45) is 0. The first-order valence-corrected chi connectivity index (χ1v) is 6.06. The van der Waals surface area contributed by atoms with Crippen LogP contribution in [0.15, 0.2) is 35.1 Å². The van der Waals surface area contributed by atoms with Crippen LogP contribution >= 0.6 is 0 Å². The molecular weight excluding hydrogens is 242 g/mol.